The quantitative estimate of drug-likeness (QED) is 0.357. The number of benzene rings is 1. The van der Waals surface area contributed by atoms with Crippen LogP contribution in [0.2, 0.25) is 0 Å². The zero-order valence-electron chi connectivity index (χ0n) is 15.2. The molecule has 142 valence electrons. The molecule has 0 radical (unpaired) electrons. The van der Waals surface area contributed by atoms with Crippen LogP contribution < -0.4 is 0 Å². The number of hydrogen-bond acceptors (Lipinski definition) is 4. The number of carbonyl (C=O) groups is 1. The van der Waals surface area contributed by atoms with Gasteiger partial charge in [-0.05, 0) is 32.8 Å². The molecule has 1 unspecified atom stereocenters. The van der Waals surface area contributed by atoms with Gasteiger partial charge >= 0.3 is 5.97 Å². The predicted octanol–water partition coefficient (Wildman–Crippen LogP) is 4.75. The molecule has 0 bridgehead atoms. The third-order valence-electron chi connectivity index (χ3n) is 4.42. The molecule has 1 aromatic carbocycles. The maximum atomic E-state index is 14.6. The van der Waals surface area contributed by atoms with E-state index in [-0.39, 0.29) is 11.1 Å². The van der Waals surface area contributed by atoms with E-state index in [2.05, 4.69) is 20.9 Å². The summed E-state index contributed by atoms with van der Waals surface area (Å²) in [5, 5.41) is 0.919. The normalized spacial score (nSPS) is 17.4. The summed E-state index contributed by atoms with van der Waals surface area (Å²) in [6.45, 7) is 4.14. The van der Waals surface area contributed by atoms with Crippen molar-refractivity contribution < 1.29 is 18.3 Å². The summed E-state index contributed by atoms with van der Waals surface area (Å²) < 4.78 is 32.9. The first-order chi connectivity index (χ1) is 12.4. The Labute approximate surface area is 161 Å². The summed E-state index contributed by atoms with van der Waals surface area (Å²) in [7, 11) is 1.28. The molecule has 0 amide bonds. The van der Waals surface area contributed by atoms with E-state index in [1.54, 1.807) is 6.92 Å². The summed E-state index contributed by atoms with van der Waals surface area (Å²) in [4.78, 5) is 18.7. The minimum atomic E-state index is -0.690. The molecule has 26 heavy (non-hydrogen) atoms. The molecule has 0 N–H and O–H groups in total. The van der Waals surface area contributed by atoms with Gasteiger partial charge in [-0.3, -0.25) is 0 Å². The Hall–Kier alpha value is -1.76. The van der Waals surface area contributed by atoms with Crippen molar-refractivity contribution in [3.63, 3.8) is 0 Å². The van der Waals surface area contributed by atoms with Crippen LogP contribution in [0.1, 0.15) is 44.7 Å². The lowest BCUT2D eigenvalue weighted by molar-refractivity contribution is -0.136. The highest BCUT2D eigenvalue weighted by atomic mass is 79.9. The van der Waals surface area contributed by atoms with Gasteiger partial charge in [0.1, 0.15) is 17.5 Å². The Morgan fingerprint density at radius 3 is 2.62 bits per heavy atom. The SMILES string of the molecule is COC(=O)C1=C(C)N=C(C)N(CCCCCBr)C1c1ccc(F)cc1F. The minimum absolute atomic E-state index is 0.237. The van der Waals surface area contributed by atoms with Crippen LogP contribution in [0.25, 0.3) is 0 Å². The topological polar surface area (TPSA) is 41.9 Å². The highest BCUT2D eigenvalue weighted by Gasteiger charge is 2.36. The van der Waals surface area contributed by atoms with Crippen LogP contribution in [-0.4, -0.2) is 35.7 Å². The third kappa shape index (κ3) is 4.50. The molecular weight excluding hydrogens is 406 g/mol. The van der Waals surface area contributed by atoms with E-state index in [0.717, 1.165) is 30.7 Å². The molecule has 0 aliphatic carbocycles. The molecule has 0 saturated heterocycles. The van der Waals surface area contributed by atoms with Gasteiger partial charge in [-0.2, -0.15) is 0 Å². The van der Waals surface area contributed by atoms with E-state index in [0.29, 0.717) is 18.1 Å². The number of allylic oxidation sites excluding steroid dienone is 1. The van der Waals surface area contributed by atoms with Crippen LogP contribution in [0.4, 0.5) is 8.78 Å². The molecule has 0 aromatic heterocycles. The number of alkyl halides is 1. The van der Waals surface area contributed by atoms with E-state index in [9.17, 15) is 13.6 Å². The summed E-state index contributed by atoms with van der Waals surface area (Å²) in [6.07, 6.45) is 2.88. The van der Waals surface area contributed by atoms with Crippen LogP contribution >= 0.6 is 15.9 Å². The lowest BCUT2D eigenvalue weighted by atomic mass is 9.93. The molecule has 7 heteroatoms. The Morgan fingerprint density at radius 2 is 2.00 bits per heavy atom. The highest BCUT2D eigenvalue weighted by Crippen LogP contribution is 2.37. The molecule has 2 rings (SSSR count). The van der Waals surface area contributed by atoms with Gasteiger partial charge in [-0.25, -0.2) is 18.6 Å². The number of rotatable bonds is 7. The predicted molar refractivity (Wildman–Crippen MR) is 101 cm³/mol. The number of hydrogen-bond donors (Lipinski definition) is 0. The second-order valence-electron chi connectivity index (χ2n) is 6.16. The van der Waals surface area contributed by atoms with Crippen molar-refractivity contribution in [1.29, 1.82) is 0 Å². The van der Waals surface area contributed by atoms with Crippen LogP contribution in [0.3, 0.4) is 0 Å². The van der Waals surface area contributed by atoms with Gasteiger partial charge in [-0.15, -0.1) is 0 Å². The highest BCUT2D eigenvalue weighted by molar-refractivity contribution is 9.09. The molecule has 0 saturated carbocycles. The molecule has 4 nitrogen and oxygen atoms in total. The van der Waals surface area contributed by atoms with Crippen molar-refractivity contribution in [2.45, 2.75) is 39.2 Å². The molecule has 0 spiro atoms. The average molecular weight is 429 g/mol. The number of amidine groups is 1. The third-order valence-corrected chi connectivity index (χ3v) is 4.98. The summed E-state index contributed by atoms with van der Waals surface area (Å²) >= 11 is 3.41. The van der Waals surface area contributed by atoms with Gasteiger partial charge in [0, 0.05) is 23.5 Å². The molecule has 1 heterocycles. The van der Waals surface area contributed by atoms with Gasteiger partial charge in [-0.1, -0.05) is 28.4 Å². The van der Waals surface area contributed by atoms with Gasteiger partial charge < -0.3 is 9.64 Å². The number of carbonyl (C=O) groups excluding carboxylic acids is 1. The largest absolute Gasteiger partial charge is 0.466 e. The first-order valence-corrected chi connectivity index (χ1v) is 9.64. The van der Waals surface area contributed by atoms with Crippen molar-refractivity contribution in [3.05, 3.63) is 46.7 Å². The summed E-state index contributed by atoms with van der Waals surface area (Å²) in [5.41, 5.74) is 1.00. The molecule has 1 atom stereocenters. The van der Waals surface area contributed by atoms with Crippen molar-refractivity contribution in [3.8, 4) is 0 Å². The zero-order valence-corrected chi connectivity index (χ0v) is 16.8. The van der Waals surface area contributed by atoms with Crippen molar-refractivity contribution >= 4 is 27.7 Å². The molecule has 1 aromatic rings. The Kier molecular flexibility index (Phi) is 7.32. The van der Waals surface area contributed by atoms with E-state index >= 15 is 0 Å². The van der Waals surface area contributed by atoms with Gasteiger partial charge in [0.15, 0.2) is 0 Å². The van der Waals surface area contributed by atoms with E-state index < -0.39 is 23.6 Å². The van der Waals surface area contributed by atoms with E-state index in [1.165, 1.54) is 19.2 Å². The molecule has 1 aliphatic rings. The van der Waals surface area contributed by atoms with Crippen LogP contribution in [-0.2, 0) is 9.53 Å². The van der Waals surface area contributed by atoms with Gasteiger partial charge in [0.25, 0.3) is 0 Å². The molecule has 1 aliphatic heterocycles. The fraction of sp³-hybridized carbons (Fsp3) is 0.474. The maximum absolute atomic E-state index is 14.6. The summed E-state index contributed by atoms with van der Waals surface area (Å²) in [5.74, 6) is -1.21. The van der Waals surface area contributed by atoms with Crippen molar-refractivity contribution in [2.24, 2.45) is 4.99 Å². The van der Waals surface area contributed by atoms with Crippen molar-refractivity contribution in [1.82, 2.24) is 4.90 Å². The maximum Gasteiger partial charge on any atom is 0.338 e. The lowest BCUT2D eigenvalue weighted by Crippen LogP contribution is -2.40. The zero-order chi connectivity index (χ0) is 19.3. The number of esters is 1. The average Bonchev–Trinajstić information content (AvgIpc) is 2.59. The second-order valence-corrected chi connectivity index (χ2v) is 6.95. The van der Waals surface area contributed by atoms with Crippen LogP contribution in [0, 0.1) is 11.6 Å². The first kappa shape index (κ1) is 20.6. The van der Waals surface area contributed by atoms with E-state index in [4.69, 9.17) is 4.74 Å². The number of unbranched alkanes of at least 4 members (excludes halogenated alkanes) is 2. The van der Waals surface area contributed by atoms with Gasteiger partial charge in [0.2, 0.25) is 0 Å². The Balaban J connectivity index is 2.48. The minimum Gasteiger partial charge on any atom is -0.466 e. The van der Waals surface area contributed by atoms with Crippen LogP contribution in [0.5, 0.6) is 0 Å². The number of methoxy groups -OCH3 is 1. The number of ether oxygens (including phenoxy) is 1. The van der Waals surface area contributed by atoms with Crippen LogP contribution in [0.15, 0.2) is 34.5 Å². The number of nitrogens with zero attached hydrogens (tertiary/aromatic N) is 2. The van der Waals surface area contributed by atoms with Crippen molar-refractivity contribution in [2.75, 3.05) is 19.0 Å². The standard InChI is InChI=1S/C19H23BrF2N2O2/c1-12-17(19(25)26-3)18(15-8-7-14(21)11-16(15)22)24(13(2)23-12)10-6-4-5-9-20/h7-8,11,18H,4-6,9-10H2,1-3H3. The fourth-order valence-electron chi connectivity index (χ4n) is 3.17. The summed E-state index contributed by atoms with van der Waals surface area (Å²) in [6, 6.07) is 2.73. The lowest BCUT2D eigenvalue weighted by Gasteiger charge is -2.38. The monoisotopic (exact) mass is 428 g/mol. The van der Waals surface area contributed by atoms with Gasteiger partial charge in [0.05, 0.1) is 24.4 Å². The molecular formula is C19H23BrF2N2O2. The fourth-order valence-corrected chi connectivity index (χ4v) is 3.56. The second kappa shape index (κ2) is 9.26. The number of halogens is 3. The Bertz CT molecular complexity index is 734. The first-order valence-electron chi connectivity index (χ1n) is 8.52. The smallest absolute Gasteiger partial charge is 0.338 e. The molecule has 0 fully saturated rings. The number of aliphatic imine (C=N–C) groups is 1. The van der Waals surface area contributed by atoms with E-state index in [1.807, 2.05) is 11.8 Å². The Morgan fingerprint density at radius 1 is 1.27 bits per heavy atom.